The maximum Gasteiger partial charge on any atom is 0.218 e. The lowest BCUT2D eigenvalue weighted by atomic mass is 10.1. The highest BCUT2D eigenvalue weighted by molar-refractivity contribution is 5.39. The lowest BCUT2D eigenvalue weighted by molar-refractivity contribution is 0.143. The predicted octanol–water partition coefficient (Wildman–Crippen LogP) is 2.52. The molecule has 0 saturated carbocycles. The first-order valence-corrected chi connectivity index (χ1v) is 6.77. The summed E-state index contributed by atoms with van der Waals surface area (Å²) in [6, 6.07) is 2.16. The van der Waals surface area contributed by atoms with Gasteiger partial charge in [0.15, 0.2) is 0 Å². The Hall–Kier alpha value is -1.36. The number of ether oxygens (including phenoxy) is 2. The molecule has 19 heavy (non-hydrogen) atoms. The molecule has 0 aromatic carbocycles. The van der Waals surface area contributed by atoms with E-state index in [4.69, 9.17) is 9.47 Å². The normalized spacial score (nSPS) is 11.1. The molecule has 1 N–H and O–H groups in total. The second kappa shape index (κ2) is 7.94. The van der Waals surface area contributed by atoms with Gasteiger partial charge < -0.3 is 14.8 Å². The lowest BCUT2D eigenvalue weighted by Crippen LogP contribution is -2.14. The van der Waals surface area contributed by atoms with Gasteiger partial charge in [0.05, 0.1) is 6.61 Å². The molecular weight excluding hydrogens is 242 g/mol. The van der Waals surface area contributed by atoms with Crippen LogP contribution in [0.1, 0.15) is 33.5 Å². The number of hydrogen-bond donors (Lipinski definition) is 1. The van der Waals surface area contributed by atoms with Crippen molar-refractivity contribution < 1.29 is 9.47 Å². The summed E-state index contributed by atoms with van der Waals surface area (Å²) < 4.78 is 10.5. The quantitative estimate of drug-likeness (QED) is 0.733. The Kier molecular flexibility index (Phi) is 6.56. The van der Waals surface area contributed by atoms with E-state index in [1.165, 1.54) is 0 Å². The Bertz CT molecular complexity index is 353. The summed E-state index contributed by atoms with van der Waals surface area (Å²) in [7, 11) is 1.65. The number of methoxy groups -OCH3 is 1. The van der Waals surface area contributed by atoms with Crippen LogP contribution in [0.3, 0.4) is 0 Å². The van der Waals surface area contributed by atoms with Gasteiger partial charge in [-0.2, -0.15) is 4.98 Å². The summed E-state index contributed by atoms with van der Waals surface area (Å²) >= 11 is 0. The van der Waals surface area contributed by atoms with E-state index in [1.54, 1.807) is 7.11 Å². The third-order valence-electron chi connectivity index (χ3n) is 2.31. The summed E-state index contributed by atoms with van der Waals surface area (Å²) in [6.07, 6.45) is 0.842. The molecule has 1 aromatic heterocycles. The van der Waals surface area contributed by atoms with Gasteiger partial charge in [-0.05, 0) is 19.8 Å². The first-order valence-electron chi connectivity index (χ1n) is 6.77. The Morgan fingerprint density at radius 2 is 1.89 bits per heavy atom. The summed E-state index contributed by atoms with van der Waals surface area (Å²) in [5.41, 5.74) is 0. The Balaban J connectivity index is 2.82. The van der Waals surface area contributed by atoms with Gasteiger partial charge in [0.1, 0.15) is 18.2 Å². The van der Waals surface area contributed by atoms with Gasteiger partial charge in [-0.15, -0.1) is 0 Å². The fourth-order valence-corrected chi connectivity index (χ4v) is 1.60. The van der Waals surface area contributed by atoms with E-state index in [-0.39, 0.29) is 0 Å². The molecule has 0 saturated heterocycles. The number of aromatic nitrogens is 2. The van der Waals surface area contributed by atoms with E-state index in [2.05, 4.69) is 43.0 Å². The third-order valence-corrected chi connectivity index (χ3v) is 2.31. The van der Waals surface area contributed by atoms with E-state index in [1.807, 2.05) is 6.07 Å². The molecule has 1 heterocycles. The van der Waals surface area contributed by atoms with Crippen molar-refractivity contribution in [3.05, 3.63) is 11.9 Å². The van der Waals surface area contributed by atoms with Crippen LogP contribution < -0.4 is 10.1 Å². The first-order chi connectivity index (χ1) is 9.01. The van der Waals surface area contributed by atoms with Crippen molar-refractivity contribution >= 4 is 5.82 Å². The fraction of sp³-hybridized carbons (Fsp3) is 0.714. The number of nitrogens with one attached hydrogen (secondary N) is 1. The first kappa shape index (κ1) is 15.7. The van der Waals surface area contributed by atoms with E-state index in [9.17, 15) is 0 Å². The van der Waals surface area contributed by atoms with Crippen LogP contribution in [-0.2, 0) is 11.2 Å². The third kappa shape index (κ3) is 6.38. The Labute approximate surface area is 115 Å². The van der Waals surface area contributed by atoms with Crippen LogP contribution in [0, 0.1) is 5.92 Å². The molecule has 0 aliphatic rings. The standard InChI is InChI=1S/C14H25N3O2/c1-10(2)8-12-16-13(15-11(3)4)9-14(17-12)19-7-6-18-5/h9-11H,6-8H2,1-5H3,(H,15,16,17). The largest absolute Gasteiger partial charge is 0.475 e. The Morgan fingerprint density at radius 1 is 1.16 bits per heavy atom. The van der Waals surface area contributed by atoms with Gasteiger partial charge in [0.25, 0.3) is 0 Å². The molecule has 0 fully saturated rings. The molecule has 0 bridgehead atoms. The van der Waals surface area contributed by atoms with E-state index in [0.717, 1.165) is 18.1 Å². The van der Waals surface area contributed by atoms with Crippen molar-refractivity contribution in [1.82, 2.24) is 9.97 Å². The van der Waals surface area contributed by atoms with E-state index in [0.29, 0.717) is 31.1 Å². The molecular formula is C14H25N3O2. The molecule has 0 radical (unpaired) electrons. The lowest BCUT2D eigenvalue weighted by Gasteiger charge is -2.13. The van der Waals surface area contributed by atoms with Crippen molar-refractivity contribution in [2.24, 2.45) is 5.92 Å². The fourth-order valence-electron chi connectivity index (χ4n) is 1.60. The molecule has 0 atom stereocenters. The molecule has 1 aromatic rings. The second-order valence-corrected chi connectivity index (χ2v) is 5.25. The molecule has 1 rings (SSSR count). The number of anilines is 1. The van der Waals surface area contributed by atoms with Crippen molar-refractivity contribution in [2.75, 3.05) is 25.6 Å². The smallest absolute Gasteiger partial charge is 0.218 e. The molecule has 5 heteroatoms. The van der Waals surface area contributed by atoms with Crippen molar-refractivity contribution in [2.45, 2.75) is 40.2 Å². The zero-order chi connectivity index (χ0) is 14.3. The molecule has 5 nitrogen and oxygen atoms in total. The maximum absolute atomic E-state index is 5.57. The SMILES string of the molecule is COCCOc1cc(NC(C)C)nc(CC(C)C)n1. The predicted molar refractivity (Wildman–Crippen MR) is 76.7 cm³/mol. The summed E-state index contributed by atoms with van der Waals surface area (Å²) in [5.74, 6) is 2.74. The van der Waals surface area contributed by atoms with Crippen LogP contribution in [0.4, 0.5) is 5.82 Å². The van der Waals surface area contributed by atoms with Gasteiger partial charge in [0.2, 0.25) is 5.88 Å². The Morgan fingerprint density at radius 3 is 2.47 bits per heavy atom. The van der Waals surface area contributed by atoms with Crippen LogP contribution in [0.15, 0.2) is 6.07 Å². The van der Waals surface area contributed by atoms with Gasteiger partial charge in [-0.25, -0.2) is 4.98 Å². The van der Waals surface area contributed by atoms with Crippen LogP contribution in [0.25, 0.3) is 0 Å². The average molecular weight is 267 g/mol. The highest BCUT2D eigenvalue weighted by Gasteiger charge is 2.08. The minimum absolute atomic E-state index is 0.327. The highest BCUT2D eigenvalue weighted by Crippen LogP contribution is 2.16. The van der Waals surface area contributed by atoms with Gasteiger partial charge in [-0.1, -0.05) is 13.8 Å². The van der Waals surface area contributed by atoms with Crippen molar-refractivity contribution in [3.63, 3.8) is 0 Å². The summed E-state index contributed by atoms with van der Waals surface area (Å²) in [5, 5.41) is 3.29. The maximum atomic E-state index is 5.57. The number of rotatable bonds is 8. The van der Waals surface area contributed by atoms with Crippen molar-refractivity contribution in [3.8, 4) is 5.88 Å². The van der Waals surface area contributed by atoms with E-state index < -0.39 is 0 Å². The summed E-state index contributed by atoms with van der Waals surface area (Å²) in [6.45, 7) is 9.51. The number of hydrogen-bond acceptors (Lipinski definition) is 5. The minimum atomic E-state index is 0.327. The van der Waals surface area contributed by atoms with Crippen LogP contribution >= 0.6 is 0 Å². The molecule has 108 valence electrons. The average Bonchev–Trinajstić information content (AvgIpc) is 2.27. The number of nitrogens with zero attached hydrogens (tertiary/aromatic N) is 2. The minimum Gasteiger partial charge on any atom is -0.475 e. The van der Waals surface area contributed by atoms with Gasteiger partial charge in [0, 0.05) is 25.6 Å². The van der Waals surface area contributed by atoms with E-state index >= 15 is 0 Å². The zero-order valence-corrected chi connectivity index (χ0v) is 12.6. The zero-order valence-electron chi connectivity index (χ0n) is 12.6. The van der Waals surface area contributed by atoms with Crippen LogP contribution in [0.5, 0.6) is 5.88 Å². The van der Waals surface area contributed by atoms with Crippen LogP contribution in [-0.4, -0.2) is 36.3 Å². The molecule has 0 spiro atoms. The van der Waals surface area contributed by atoms with Crippen LogP contribution in [0.2, 0.25) is 0 Å². The topological polar surface area (TPSA) is 56.3 Å². The van der Waals surface area contributed by atoms with Gasteiger partial charge >= 0.3 is 0 Å². The molecule has 0 aliphatic carbocycles. The second-order valence-electron chi connectivity index (χ2n) is 5.25. The van der Waals surface area contributed by atoms with Crippen molar-refractivity contribution in [1.29, 1.82) is 0 Å². The molecule has 0 unspecified atom stereocenters. The highest BCUT2D eigenvalue weighted by atomic mass is 16.5. The van der Waals surface area contributed by atoms with Gasteiger partial charge in [-0.3, -0.25) is 0 Å². The summed E-state index contributed by atoms with van der Waals surface area (Å²) in [4.78, 5) is 8.93. The molecule has 0 aliphatic heterocycles. The molecule has 0 amide bonds. The monoisotopic (exact) mass is 267 g/mol.